The van der Waals surface area contributed by atoms with Gasteiger partial charge < -0.3 is 15.5 Å². The molecule has 1 fully saturated rings. The normalized spacial score (nSPS) is 18.0. The highest BCUT2D eigenvalue weighted by Gasteiger charge is 2.36. The molecular formula is C34H64N4O3. The Bertz CT molecular complexity index is 808. The van der Waals surface area contributed by atoms with Gasteiger partial charge in [-0.2, -0.15) is 0 Å². The first-order chi connectivity index (χ1) is 19.4. The van der Waals surface area contributed by atoms with E-state index >= 15 is 0 Å². The third kappa shape index (κ3) is 13.3. The Morgan fingerprint density at radius 1 is 0.878 bits per heavy atom. The predicted octanol–water partition coefficient (Wildman–Crippen LogP) is 6.47. The molecule has 0 saturated carbocycles. The van der Waals surface area contributed by atoms with Crippen molar-refractivity contribution in [2.45, 2.75) is 157 Å². The van der Waals surface area contributed by atoms with Gasteiger partial charge in [0.05, 0.1) is 12.1 Å². The molecule has 0 radical (unpaired) electrons. The number of amides is 3. The van der Waals surface area contributed by atoms with Gasteiger partial charge in [-0.3, -0.25) is 19.3 Å². The second-order valence-corrected chi connectivity index (χ2v) is 13.2. The van der Waals surface area contributed by atoms with Crippen LogP contribution in [0.15, 0.2) is 11.6 Å². The van der Waals surface area contributed by atoms with Crippen LogP contribution in [-0.2, 0) is 14.4 Å². The molecule has 1 heterocycles. The van der Waals surface area contributed by atoms with Crippen molar-refractivity contribution in [3.63, 3.8) is 0 Å². The number of carbonyl (C=O) groups is 3. The van der Waals surface area contributed by atoms with E-state index in [0.29, 0.717) is 12.1 Å². The van der Waals surface area contributed by atoms with Gasteiger partial charge in [0.2, 0.25) is 17.7 Å². The molecule has 7 heteroatoms. The number of piperidine rings is 1. The molecular weight excluding hydrogens is 512 g/mol. The number of nitrogens with zero attached hydrogens (tertiary/aromatic N) is 2. The highest BCUT2D eigenvalue weighted by molar-refractivity contribution is 5.93. The monoisotopic (exact) mass is 576 g/mol. The molecule has 1 rings (SSSR count). The van der Waals surface area contributed by atoms with Crippen LogP contribution in [0.4, 0.5) is 0 Å². The summed E-state index contributed by atoms with van der Waals surface area (Å²) in [6.45, 7) is 18.0. The van der Waals surface area contributed by atoms with E-state index in [1.54, 1.807) is 11.9 Å². The second-order valence-electron chi connectivity index (χ2n) is 13.2. The molecule has 3 atom stereocenters. The van der Waals surface area contributed by atoms with Crippen LogP contribution < -0.4 is 10.6 Å². The van der Waals surface area contributed by atoms with Crippen molar-refractivity contribution in [1.29, 1.82) is 0 Å². The van der Waals surface area contributed by atoms with Crippen LogP contribution in [0.5, 0.6) is 0 Å². The SMILES string of the molecule is CCCCCCCCCCCNC(=O)/C(C)=C/[C@H](C(C)C)N(C)C(=O)[C@@H](NC(=O)[C@H]1CCCCN1C(C)C)C(C)C. The smallest absolute Gasteiger partial charge is 0.246 e. The van der Waals surface area contributed by atoms with Crippen LogP contribution in [-0.4, -0.2) is 71.8 Å². The van der Waals surface area contributed by atoms with Gasteiger partial charge >= 0.3 is 0 Å². The van der Waals surface area contributed by atoms with Crippen LogP contribution in [0.3, 0.4) is 0 Å². The third-order valence-electron chi connectivity index (χ3n) is 8.56. The number of rotatable bonds is 19. The Hall–Kier alpha value is -1.89. The first kappa shape index (κ1) is 37.1. The standard InChI is InChI=1S/C34H64N4O3/c1-10-11-12-13-14-15-16-17-19-22-35-32(39)28(8)24-30(25(2)3)37(9)34(41)31(26(4)5)36-33(40)29-21-18-20-23-38(29)27(6)7/h24-27,29-31H,10-23H2,1-9H3,(H,35,39)(H,36,40)/b28-24+/t29-,30-,31+/m1/s1. The van der Waals surface area contributed by atoms with Gasteiger partial charge in [0.1, 0.15) is 6.04 Å². The lowest BCUT2D eigenvalue weighted by Crippen LogP contribution is -2.58. The summed E-state index contributed by atoms with van der Waals surface area (Å²) in [5.74, 6) is -0.179. The highest BCUT2D eigenvalue weighted by Crippen LogP contribution is 2.21. The number of likely N-dealkylation sites (tertiary alicyclic amines) is 1. The Morgan fingerprint density at radius 2 is 1.46 bits per heavy atom. The number of unbranched alkanes of at least 4 members (excludes halogenated alkanes) is 8. The Labute approximate surface area is 252 Å². The van der Waals surface area contributed by atoms with Crippen molar-refractivity contribution in [3.05, 3.63) is 11.6 Å². The Morgan fingerprint density at radius 3 is 2.00 bits per heavy atom. The lowest BCUT2D eigenvalue weighted by Gasteiger charge is -2.39. The van der Waals surface area contributed by atoms with Gasteiger partial charge in [0.25, 0.3) is 0 Å². The zero-order valence-electron chi connectivity index (χ0n) is 28.1. The molecule has 0 spiro atoms. The zero-order chi connectivity index (χ0) is 30.9. The van der Waals surface area contributed by atoms with E-state index in [0.717, 1.165) is 38.6 Å². The minimum atomic E-state index is -0.612. The van der Waals surface area contributed by atoms with Crippen molar-refractivity contribution in [2.24, 2.45) is 11.8 Å². The number of likely N-dealkylation sites (N-methyl/N-ethyl adjacent to an activating group) is 1. The fraction of sp³-hybridized carbons (Fsp3) is 0.853. The molecule has 0 bridgehead atoms. The Kier molecular flexibility index (Phi) is 18.2. The average molecular weight is 577 g/mol. The predicted molar refractivity (Wildman–Crippen MR) is 172 cm³/mol. The summed E-state index contributed by atoms with van der Waals surface area (Å²) < 4.78 is 0. The largest absolute Gasteiger partial charge is 0.352 e. The van der Waals surface area contributed by atoms with Crippen LogP contribution in [0.2, 0.25) is 0 Å². The van der Waals surface area contributed by atoms with Crippen LogP contribution in [0, 0.1) is 11.8 Å². The van der Waals surface area contributed by atoms with E-state index in [1.807, 2.05) is 26.8 Å². The maximum atomic E-state index is 13.8. The summed E-state index contributed by atoms with van der Waals surface area (Å²) in [4.78, 5) is 43.9. The summed E-state index contributed by atoms with van der Waals surface area (Å²) in [6.07, 6.45) is 16.1. The summed E-state index contributed by atoms with van der Waals surface area (Å²) in [5.41, 5.74) is 0.624. The van der Waals surface area contributed by atoms with Crippen molar-refractivity contribution in [3.8, 4) is 0 Å². The van der Waals surface area contributed by atoms with Crippen molar-refractivity contribution in [1.82, 2.24) is 20.4 Å². The van der Waals surface area contributed by atoms with E-state index in [1.165, 1.54) is 44.9 Å². The molecule has 0 aromatic heterocycles. The molecule has 0 aromatic carbocycles. The fourth-order valence-electron chi connectivity index (χ4n) is 5.84. The summed E-state index contributed by atoms with van der Waals surface area (Å²) >= 11 is 0. The topological polar surface area (TPSA) is 81.8 Å². The van der Waals surface area contributed by atoms with Gasteiger partial charge in [-0.1, -0.05) is 98.5 Å². The van der Waals surface area contributed by atoms with Gasteiger partial charge in [-0.15, -0.1) is 0 Å². The lowest BCUT2D eigenvalue weighted by atomic mass is 9.95. The van der Waals surface area contributed by atoms with E-state index in [-0.39, 0.29) is 47.7 Å². The molecule has 2 N–H and O–H groups in total. The molecule has 1 aliphatic rings. The lowest BCUT2D eigenvalue weighted by molar-refractivity contribution is -0.140. The van der Waals surface area contributed by atoms with E-state index < -0.39 is 6.04 Å². The summed E-state index contributed by atoms with van der Waals surface area (Å²) in [5, 5.41) is 6.17. The van der Waals surface area contributed by atoms with Gasteiger partial charge in [0.15, 0.2) is 0 Å². The van der Waals surface area contributed by atoms with Gasteiger partial charge in [-0.25, -0.2) is 0 Å². The summed E-state index contributed by atoms with van der Waals surface area (Å²) in [6, 6.07) is -0.771. The molecule has 0 unspecified atom stereocenters. The molecule has 1 aliphatic heterocycles. The maximum Gasteiger partial charge on any atom is 0.246 e. The van der Waals surface area contributed by atoms with E-state index in [4.69, 9.17) is 0 Å². The first-order valence-electron chi connectivity index (χ1n) is 16.7. The average Bonchev–Trinajstić information content (AvgIpc) is 2.93. The van der Waals surface area contributed by atoms with Crippen molar-refractivity contribution < 1.29 is 14.4 Å². The van der Waals surface area contributed by atoms with Crippen LogP contribution in [0.25, 0.3) is 0 Å². The zero-order valence-corrected chi connectivity index (χ0v) is 28.1. The van der Waals surface area contributed by atoms with E-state index in [9.17, 15) is 14.4 Å². The molecule has 0 aromatic rings. The van der Waals surface area contributed by atoms with Crippen LogP contribution in [0.1, 0.15) is 132 Å². The number of hydrogen-bond donors (Lipinski definition) is 2. The molecule has 0 aliphatic carbocycles. The van der Waals surface area contributed by atoms with Gasteiger partial charge in [-0.05, 0) is 58.4 Å². The molecule has 7 nitrogen and oxygen atoms in total. The first-order valence-corrected chi connectivity index (χ1v) is 16.7. The summed E-state index contributed by atoms with van der Waals surface area (Å²) in [7, 11) is 1.79. The number of hydrogen-bond acceptors (Lipinski definition) is 4. The third-order valence-corrected chi connectivity index (χ3v) is 8.56. The number of carbonyl (C=O) groups excluding carboxylic acids is 3. The minimum absolute atomic E-state index is 0.0532. The maximum absolute atomic E-state index is 13.8. The highest BCUT2D eigenvalue weighted by atomic mass is 16.2. The van der Waals surface area contributed by atoms with Crippen molar-refractivity contribution >= 4 is 17.7 Å². The quantitative estimate of drug-likeness (QED) is 0.136. The molecule has 3 amide bonds. The van der Waals surface area contributed by atoms with Crippen molar-refractivity contribution in [2.75, 3.05) is 20.1 Å². The number of nitrogens with one attached hydrogen (secondary N) is 2. The molecule has 1 saturated heterocycles. The fourth-order valence-corrected chi connectivity index (χ4v) is 5.84. The van der Waals surface area contributed by atoms with Gasteiger partial charge in [0, 0.05) is 25.2 Å². The Balaban J connectivity index is 2.72. The molecule has 41 heavy (non-hydrogen) atoms. The second kappa shape index (κ2) is 20.1. The van der Waals surface area contributed by atoms with Crippen LogP contribution >= 0.6 is 0 Å². The molecule has 238 valence electrons. The van der Waals surface area contributed by atoms with E-state index in [2.05, 4.69) is 50.2 Å². The minimum Gasteiger partial charge on any atom is -0.352 e.